The first-order chi connectivity index (χ1) is 18.7. The van der Waals surface area contributed by atoms with Gasteiger partial charge in [-0.25, -0.2) is 0 Å². The van der Waals surface area contributed by atoms with Crippen molar-refractivity contribution in [2.75, 3.05) is 0 Å². The summed E-state index contributed by atoms with van der Waals surface area (Å²) in [4.78, 5) is 12.1. The third kappa shape index (κ3) is 20.6. The molecule has 0 saturated carbocycles. The lowest BCUT2D eigenvalue weighted by molar-refractivity contribution is -0.144. The Bertz CT molecular complexity index is 814. The van der Waals surface area contributed by atoms with Crippen molar-refractivity contribution in [1.82, 2.24) is 0 Å². The molecule has 0 N–H and O–H groups in total. The van der Waals surface area contributed by atoms with Gasteiger partial charge in [0, 0.05) is 12.8 Å². The fourth-order valence-electron chi connectivity index (χ4n) is 4.14. The molecule has 1 aliphatic heterocycles. The smallest absolute Gasteiger partial charge is 0.307 e. The normalized spacial score (nSPS) is 16.9. The Labute approximate surface area is 234 Å². The average Bonchev–Trinajstić information content (AvgIpc) is 3.67. The van der Waals surface area contributed by atoms with E-state index in [-0.39, 0.29) is 12.1 Å². The summed E-state index contributed by atoms with van der Waals surface area (Å²) in [5, 5.41) is 0. The number of rotatable bonds is 23. The Balaban J connectivity index is 2.02. The first-order valence-electron chi connectivity index (χ1n) is 15.1. The summed E-state index contributed by atoms with van der Waals surface area (Å²) < 4.78 is 11.1. The minimum atomic E-state index is -0.602. The standard InChI is InChI=1S/C35H52O3/c1-4-7-9-11-12-13-14-15-16-17-18-19-20-22-27-31-35(36)37-32(6-3)28-24-23-26-30-34-33(38-34)29-25-21-10-8-5-2/h5-6,12-13,15-16,32-34H,2-4,7-11,14,17-22,25,27,29-31H2,1H3/b13-12+,16-15+/t32-,33+,34-/m0/s1. The molecular formula is C35H52O3. The van der Waals surface area contributed by atoms with Crippen LogP contribution in [0.2, 0.25) is 0 Å². The first kappa shape index (κ1) is 33.5. The van der Waals surface area contributed by atoms with Crippen molar-refractivity contribution in [3.63, 3.8) is 0 Å². The van der Waals surface area contributed by atoms with E-state index in [9.17, 15) is 4.79 Å². The number of carbonyl (C=O) groups is 1. The van der Waals surface area contributed by atoms with Gasteiger partial charge >= 0.3 is 5.97 Å². The number of carbonyl (C=O) groups excluding carboxylic acids is 1. The van der Waals surface area contributed by atoms with Crippen LogP contribution in [0.15, 0.2) is 49.6 Å². The van der Waals surface area contributed by atoms with Crippen LogP contribution in [-0.4, -0.2) is 24.3 Å². The maximum absolute atomic E-state index is 12.1. The van der Waals surface area contributed by atoms with Crippen LogP contribution in [0, 0.1) is 23.7 Å². The molecule has 0 amide bonds. The van der Waals surface area contributed by atoms with Crippen LogP contribution in [0.5, 0.6) is 0 Å². The average molecular weight is 521 g/mol. The van der Waals surface area contributed by atoms with E-state index in [0.29, 0.717) is 18.9 Å². The monoisotopic (exact) mass is 520 g/mol. The number of esters is 1. The topological polar surface area (TPSA) is 38.8 Å². The molecule has 0 aromatic rings. The molecule has 0 aromatic heterocycles. The molecule has 1 rings (SSSR count). The summed E-state index contributed by atoms with van der Waals surface area (Å²) in [6, 6.07) is 0. The van der Waals surface area contributed by atoms with E-state index in [1.807, 2.05) is 6.08 Å². The van der Waals surface area contributed by atoms with Crippen LogP contribution in [0.4, 0.5) is 0 Å². The highest BCUT2D eigenvalue weighted by Crippen LogP contribution is 2.29. The summed E-state index contributed by atoms with van der Waals surface area (Å²) in [6.45, 7) is 9.71. The number of allylic oxidation sites excluding steroid dienone is 5. The van der Waals surface area contributed by atoms with Gasteiger partial charge in [0.15, 0.2) is 6.10 Å². The minimum absolute atomic E-state index is 0.217. The molecule has 0 bridgehead atoms. The Morgan fingerprint density at radius 1 is 0.842 bits per heavy atom. The molecule has 0 unspecified atom stereocenters. The van der Waals surface area contributed by atoms with Gasteiger partial charge < -0.3 is 9.47 Å². The second kappa shape index (κ2) is 24.8. The number of epoxide rings is 1. The molecule has 3 atom stereocenters. The second-order valence-electron chi connectivity index (χ2n) is 10.0. The predicted molar refractivity (Wildman–Crippen MR) is 162 cm³/mol. The molecule has 1 heterocycles. The van der Waals surface area contributed by atoms with Crippen LogP contribution in [0.25, 0.3) is 0 Å². The lowest BCUT2D eigenvalue weighted by atomic mass is 10.1. The van der Waals surface area contributed by atoms with Crippen molar-refractivity contribution in [2.45, 2.75) is 141 Å². The van der Waals surface area contributed by atoms with Crippen LogP contribution in [0.3, 0.4) is 0 Å². The van der Waals surface area contributed by atoms with Crippen LogP contribution in [-0.2, 0) is 14.3 Å². The summed E-state index contributed by atoms with van der Waals surface area (Å²) >= 11 is 0. The number of hydrogen-bond acceptors (Lipinski definition) is 3. The summed E-state index contributed by atoms with van der Waals surface area (Å²) in [5.74, 6) is 11.4. The van der Waals surface area contributed by atoms with Gasteiger partial charge in [-0.2, -0.15) is 0 Å². The lowest BCUT2D eigenvalue weighted by Crippen LogP contribution is -2.13. The molecule has 3 nitrogen and oxygen atoms in total. The zero-order chi connectivity index (χ0) is 27.5. The van der Waals surface area contributed by atoms with Crippen LogP contribution >= 0.6 is 0 Å². The molecule has 0 aliphatic carbocycles. The van der Waals surface area contributed by atoms with E-state index in [1.165, 1.54) is 57.8 Å². The Kier molecular flexibility index (Phi) is 21.9. The highest BCUT2D eigenvalue weighted by molar-refractivity contribution is 5.70. The fourth-order valence-corrected chi connectivity index (χ4v) is 4.14. The van der Waals surface area contributed by atoms with Gasteiger partial charge in [-0.1, -0.05) is 94.7 Å². The highest BCUT2D eigenvalue weighted by Gasteiger charge is 2.36. The van der Waals surface area contributed by atoms with E-state index < -0.39 is 6.10 Å². The van der Waals surface area contributed by atoms with Gasteiger partial charge in [0.05, 0.1) is 12.2 Å². The highest BCUT2D eigenvalue weighted by atomic mass is 16.6. The molecule has 0 radical (unpaired) electrons. The van der Waals surface area contributed by atoms with E-state index in [0.717, 1.165) is 44.9 Å². The maximum atomic E-state index is 12.1. The minimum Gasteiger partial charge on any atom is -0.445 e. The predicted octanol–water partition coefficient (Wildman–Crippen LogP) is 9.20. The zero-order valence-electron chi connectivity index (χ0n) is 24.1. The molecule has 1 saturated heterocycles. The molecule has 3 heteroatoms. The van der Waals surface area contributed by atoms with Gasteiger partial charge in [0.25, 0.3) is 0 Å². The van der Waals surface area contributed by atoms with E-state index >= 15 is 0 Å². The summed E-state index contributed by atoms with van der Waals surface area (Å²) in [5.41, 5.74) is 0. The summed E-state index contributed by atoms with van der Waals surface area (Å²) in [6.07, 6.45) is 32.4. The quantitative estimate of drug-likeness (QED) is 0.0443. The Hall–Kier alpha value is -2.49. The third-order valence-corrected chi connectivity index (χ3v) is 6.56. The Morgan fingerprint density at radius 3 is 2.26 bits per heavy atom. The van der Waals surface area contributed by atoms with Crippen molar-refractivity contribution in [3.05, 3.63) is 49.6 Å². The number of unbranched alkanes of at least 4 members (excludes halogenated alkanes) is 11. The van der Waals surface area contributed by atoms with E-state index in [1.54, 1.807) is 6.08 Å². The van der Waals surface area contributed by atoms with Crippen molar-refractivity contribution in [2.24, 2.45) is 0 Å². The molecule has 1 aliphatic rings. The van der Waals surface area contributed by atoms with Crippen molar-refractivity contribution >= 4 is 5.97 Å². The maximum Gasteiger partial charge on any atom is 0.307 e. The first-order valence-corrected chi connectivity index (χ1v) is 15.1. The molecule has 0 spiro atoms. The van der Waals surface area contributed by atoms with Crippen LogP contribution < -0.4 is 0 Å². The molecule has 38 heavy (non-hydrogen) atoms. The van der Waals surface area contributed by atoms with Crippen molar-refractivity contribution in [1.29, 1.82) is 0 Å². The van der Waals surface area contributed by atoms with Gasteiger partial charge in [0.2, 0.25) is 0 Å². The second-order valence-corrected chi connectivity index (χ2v) is 10.0. The lowest BCUT2D eigenvalue weighted by Gasteiger charge is -2.07. The molecule has 1 fully saturated rings. The molecular weight excluding hydrogens is 468 g/mol. The van der Waals surface area contributed by atoms with E-state index in [4.69, 9.17) is 9.47 Å². The molecule has 210 valence electrons. The van der Waals surface area contributed by atoms with E-state index in [2.05, 4.69) is 68.1 Å². The molecule has 0 aromatic carbocycles. The largest absolute Gasteiger partial charge is 0.445 e. The zero-order valence-corrected chi connectivity index (χ0v) is 24.1. The van der Waals surface area contributed by atoms with Gasteiger partial charge in [-0.05, 0) is 81.6 Å². The third-order valence-electron chi connectivity index (χ3n) is 6.56. The SMILES string of the molecule is C=CCCCCC[C@H]1O[C@H]1CC#CC#C[C@H](C=C)OC(=O)CCCCCCC/C=C/C/C=C/CCCCC. The fraction of sp³-hybridized carbons (Fsp3) is 0.629. The Morgan fingerprint density at radius 2 is 1.53 bits per heavy atom. The van der Waals surface area contributed by atoms with Gasteiger partial charge in [-0.15, -0.1) is 6.58 Å². The van der Waals surface area contributed by atoms with Gasteiger partial charge in [0.1, 0.15) is 0 Å². The van der Waals surface area contributed by atoms with Crippen molar-refractivity contribution < 1.29 is 14.3 Å². The van der Waals surface area contributed by atoms with Gasteiger partial charge in [-0.3, -0.25) is 4.79 Å². The van der Waals surface area contributed by atoms with Crippen LogP contribution in [0.1, 0.15) is 122 Å². The number of hydrogen-bond donors (Lipinski definition) is 0. The van der Waals surface area contributed by atoms with Crippen molar-refractivity contribution in [3.8, 4) is 23.7 Å². The number of ether oxygens (including phenoxy) is 2. The summed E-state index contributed by atoms with van der Waals surface area (Å²) in [7, 11) is 0.